The standard InChI is InChI=1S/C11H18N2O5S/c1-2-3-4-17-5-6-18-11(14)10-7-9(8-13-10)19(12,15)16/h7-8,13H,2-6H2,1H3,(H2,12,15,16). The zero-order valence-electron chi connectivity index (χ0n) is 10.7. The predicted octanol–water partition coefficient (Wildman–Crippen LogP) is 0.636. The highest BCUT2D eigenvalue weighted by atomic mass is 32.2. The Balaban J connectivity index is 2.36. The molecule has 0 aromatic carbocycles. The molecule has 3 N–H and O–H groups in total. The van der Waals surface area contributed by atoms with Crippen molar-refractivity contribution in [1.29, 1.82) is 0 Å². The molecule has 1 aromatic heterocycles. The Hall–Kier alpha value is -1.38. The topological polar surface area (TPSA) is 111 Å². The normalized spacial score (nSPS) is 11.5. The smallest absolute Gasteiger partial charge is 0.354 e. The van der Waals surface area contributed by atoms with Crippen molar-refractivity contribution >= 4 is 16.0 Å². The summed E-state index contributed by atoms with van der Waals surface area (Å²) in [5.74, 6) is -0.644. The van der Waals surface area contributed by atoms with Crippen LogP contribution in [0.5, 0.6) is 0 Å². The number of H-pyrrole nitrogens is 1. The molecule has 0 atom stereocenters. The highest BCUT2D eigenvalue weighted by Crippen LogP contribution is 2.09. The minimum absolute atomic E-state index is 0.0394. The van der Waals surface area contributed by atoms with Crippen LogP contribution in [0, 0.1) is 0 Å². The zero-order chi connectivity index (χ0) is 14.3. The molecule has 1 aromatic rings. The second-order valence-corrected chi connectivity index (χ2v) is 5.46. The Morgan fingerprint density at radius 1 is 1.37 bits per heavy atom. The number of rotatable bonds is 8. The fourth-order valence-corrected chi connectivity index (χ4v) is 1.78. The van der Waals surface area contributed by atoms with Crippen molar-refractivity contribution < 1.29 is 22.7 Å². The Bertz CT molecular complexity index is 509. The van der Waals surface area contributed by atoms with Crippen LogP contribution in [0.4, 0.5) is 0 Å². The predicted molar refractivity (Wildman–Crippen MR) is 68.2 cm³/mol. The highest BCUT2D eigenvalue weighted by molar-refractivity contribution is 7.89. The number of esters is 1. The number of aromatic amines is 1. The van der Waals surface area contributed by atoms with Crippen molar-refractivity contribution in [1.82, 2.24) is 4.98 Å². The first-order valence-electron chi connectivity index (χ1n) is 5.91. The summed E-state index contributed by atoms with van der Waals surface area (Å²) < 4.78 is 32.2. The third-order valence-corrected chi connectivity index (χ3v) is 3.20. The van der Waals surface area contributed by atoms with Crippen LogP contribution < -0.4 is 5.14 Å². The van der Waals surface area contributed by atoms with E-state index in [-0.39, 0.29) is 17.2 Å². The van der Waals surface area contributed by atoms with Gasteiger partial charge in [0.1, 0.15) is 17.2 Å². The molecule has 1 rings (SSSR count). The van der Waals surface area contributed by atoms with Gasteiger partial charge in [-0.3, -0.25) is 0 Å². The summed E-state index contributed by atoms with van der Waals surface area (Å²) in [4.78, 5) is 13.9. The quantitative estimate of drug-likeness (QED) is 0.539. The molecular formula is C11H18N2O5S. The van der Waals surface area contributed by atoms with Crippen molar-refractivity contribution in [3.63, 3.8) is 0 Å². The van der Waals surface area contributed by atoms with Crippen LogP contribution in [0.1, 0.15) is 30.3 Å². The SMILES string of the molecule is CCCCOCCOC(=O)c1cc(S(N)(=O)=O)c[nH]1. The Morgan fingerprint density at radius 3 is 2.68 bits per heavy atom. The second kappa shape index (κ2) is 7.27. The summed E-state index contributed by atoms with van der Waals surface area (Å²) in [7, 11) is -3.81. The number of primary sulfonamides is 1. The lowest BCUT2D eigenvalue weighted by Crippen LogP contribution is -2.12. The van der Waals surface area contributed by atoms with E-state index in [1.807, 2.05) is 0 Å². The van der Waals surface area contributed by atoms with Gasteiger partial charge in [-0.25, -0.2) is 18.4 Å². The lowest BCUT2D eigenvalue weighted by atomic mass is 10.4. The molecule has 0 saturated carbocycles. The Labute approximate surface area is 112 Å². The molecular weight excluding hydrogens is 272 g/mol. The van der Waals surface area contributed by atoms with Gasteiger partial charge in [0.2, 0.25) is 10.0 Å². The van der Waals surface area contributed by atoms with Gasteiger partial charge in [0, 0.05) is 12.8 Å². The maximum absolute atomic E-state index is 11.5. The number of hydrogen-bond donors (Lipinski definition) is 2. The maximum Gasteiger partial charge on any atom is 0.354 e. The van der Waals surface area contributed by atoms with Gasteiger partial charge in [0.25, 0.3) is 0 Å². The fraction of sp³-hybridized carbons (Fsp3) is 0.545. The van der Waals surface area contributed by atoms with Crippen molar-refractivity contribution in [2.75, 3.05) is 19.8 Å². The molecule has 108 valence electrons. The van der Waals surface area contributed by atoms with Gasteiger partial charge in [0.05, 0.1) is 6.61 Å². The number of carbonyl (C=O) groups excluding carboxylic acids is 1. The van der Waals surface area contributed by atoms with E-state index in [0.29, 0.717) is 13.2 Å². The molecule has 1 heterocycles. The molecule has 0 amide bonds. The van der Waals surface area contributed by atoms with Gasteiger partial charge < -0.3 is 14.5 Å². The average molecular weight is 290 g/mol. The van der Waals surface area contributed by atoms with E-state index in [1.165, 1.54) is 0 Å². The number of ether oxygens (including phenoxy) is 2. The number of hydrogen-bond acceptors (Lipinski definition) is 5. The maximum atomic E-state index is 11.5. The number of nitrogens with one attached hydrogen (secondary N) is 1. The Morgan fingerprint density at radius 2 is 2.11 bits per heavy atom. The number of nitrogens with two attached hydrogens (primary N) is 1. The molecule has 0 saturated heterocycles. The first-order chi connectivity index (χ1) is 8.95. The molecule has 19 heavy (non-hydrogen) atoms. The largest absolute Gasteiger partial charge is 0.459 e. The summed E-state index contributed by atoms with van der Waals surface area (Å²) in [5, 5.41) is 4.92. The Kier molecular flexibility index (Phi) is 6.00. The minimum Gasteiger partial charge on any atom is -0.459 e. The van der Waals surface area contributed by atoms with E-state index in [0.717, 1.165) is 25.1 Å². The summed E-state index contributed by atoms with van der Waals surface area (Å²) in [6.45, 7) is 3.12. The van der Waals surface area contributed by atoms with Crippen LogP contribution >= 0.6 is 0 Å². The molecule has 0 radical (unpaired) electrons. The van der Waals surface area contributed by atoms with E-state index in [2.05, 4.69) is 11.9 Å². The summed E-state index contributed by atoms with van der Waals surface area (Å²) in [6.07, 6.45) is 3.14. The summed E-state index contributed by atoms with van der Waals surface area (Å²) >= 11 is 0. The molecule has 0 aliphatic carbocycles. The third-order valence-electron chi connectivity index (χ3n) is 2.31. The van der Waals surface area contributed by atoms with Crippen LogP contribution in [0.15, 0.2) is 17.2 Å². The molecule has 0 bridgehead atoms. The molecule has 0 fully saturated rings. The molecule has 8 heteroatoms. The minimum atomic E-state index is -3.81. The fourth-order valence-electron chi connectivity index (χ4n) is 1.28. The lowest BCUT2D eigenvalue weighted by Gasteiger charge is -2.04. The van der Waals surface area contributed by atoms with Gasteiger partial charge in [-0.05, 0) is 12.5 Å². The molecule has 7 nitrogen and oxygen atoms in total. The highest BCUT2D eigenvalue weighted by Gasteiger charge is 2.15. The second-order valence-electron chi connectivity index (χ2n) is 3.90. The van der Waals surface area contributed by atoms with Gasteiger partial charge in [-0.2, -0.15) is 0 Å². The average Bonchev–Trinajstić information content (AvgIpc) is 2.82. The first kappa shape index (κ1) is 15.7. The summed E-state index contributed by atoms with van der Waals surface area (Å²) in [5.41, 5.74) is 0.0394. The summed E-state index contributed by atoms with van der Waals surface area (Å²) in [6, 6.07) is 1.13. The number of sulfonamides is 1. The molecule has 0 aliphatic rings. The van der Waals surface area contributed by atoms with Gasteiger partial charge in [0.15, 0.2) is 0 Å². The molecule has 0 aliphatic heterocycles. The van der Waals surface area contributed by atoms with Gasteiger partial charge in [-0.1, -0.05) is 13.3 Å². The van der Waals surface area contributed by atoms with Crippen molar-refractivity contribution in [2.45, 2.75) is 24.7 Å². The van der Waals surface area contributed by atoms with Crippen molar-refractivity contribution in [3.8, 4) is 0 Å². The van der Waals surface area contributed by atoms with Crippen LogP contribution in [0.25, 0.3) is 0 Å². The zero-order valence-corrected chi connectivity index (χ0v) is 11.5. The number of aromatic nitrogens is 1. The van der Waals surface area contributed by atoms with E-state index in [4.69, 9.17) is 14.6 Å². The lowest BCUT2D eigenvalue weighted by molar-refractivity contribution is 0.0308. The van der Waals surface area contributed by atoms with Crippen molar-refractivity contribution in [3.05, 3.63) is 18.0 Å². The van der Waals surface area contributed by atoms with E-state index < -0.39 is 16.0 Å². The molecule has 0 unspecified atom stereocenters. The van der Waals surface area contributed by atoms with Crippen molar-refractivity contribution in [2.24, 2.45) is 5.14 Å². The first-order valence-corrected chi connectivity index (χ1v) is 7.46. The van der Waals surface area contributed by atoms with Crippen LogP contribution in [0.3, 0.4) is 0 Å². The van der Waals surface area contributed by atoms with Gasteiger partial charge >= 0.3 is 5.97 Å². The number of unbranched alkanes of at least 4 members (excludes halogenated alkanes) is 1. The van der Waals surface area contributed by atoms with Gasteiger partial charge in [-0.15, -0.1) is 0 Å². The van der Waals surface area contributed by atoms with E-state index in [9.17, 15) is 13.2 Å². The third kappa shape index (κ3) is 5.41. The monoisotopic (exact) mass is 290 g/mol. The number of carbonyl (C=O) groups is 1. The van der Waals surface area contributed by atoms with E-state index in [1.54, 1.807) is 0 Å². The van der Waals surface area contributed by atoms with Crippen LogP contribution in [-0.4, -0.2) is 39.2 Å². The van der Waals surface area contributed by atoms with Crippen LogP contribution in [-0.2, 0) is 19.5 Å². The van der Waals surface area contributed by atoms with E-state index >= 15 is 0 Å². The molecule has 0 spiro atoms. The van der Waals surface area contributed by atoms with Crippen LogP contribution in [0.2, 0.25) is 0 Å².